The maximum Gasteiger partial charge on any atom is 0.313 e. The predicted octanol–water partition coefficient (Wildman–Crippen LogP) is 1.48. The average molecular weight is 395 g/mol. The molecule has 0 radical (unpaired) electrons. The summed E-state index contributed by atoms with van der Waals surface area (Å²) in [7, 11) is 0. The molecule has 0 spiro atoms. The van der Waals surface area contributed by atoms with E-state index < -0.39 is 11.8 Å². The smallest absolute Gasteiger partial charge is 0.313 e. The molecule has 8 nitrogen and oxygen atoms in total. The summed E-state index contributed by atoms with van der Waals surface area (Å²) in [6, 6.07) is 5.72. The summed E-state index contributed by atoms with van der Waals surface area (Å²) < 4.78 is 1.80. The topological polar surface area (TPSA) is 96.3 Å². The van der Waals surface area contributed by atoms with Crippen molar-refractivity contribution in [3.63, 3.8) is 0 Å². The van der Waals surface area contributed by atoms with Gasteiger partial charge in [-0.1, -0.05) is 0 Å². The first kappa shape index (κ1) is 19.2. The average Bonchev–Trinajstić information content (AvgIpc) is 3.01. The molecule has 2 aliphatic heterocycles. The Hall–Kier alpha value is -3.16. The van der Waals surface area contributed by atoms with Crippen molar-refractivity contribution in [1.29, 1.82) is 0 Å². The monoisotopic (exact) mass is 395 g/mol. The van der Waals surface area contributed by atoms with Crippen molar-refractivity contribution in [3.05, 3.63) is 40.7 Å². The zero-order valence-corrected chi connectivity index (χ0v) is 16.7. The Morgan fingerprint density at radius 1 is 1.07 bits per heavy atom. The lowest BCUT2D eigenvalue weighted by Crippen LogP contribution is -2.39. The minimum atomic E-state index is -0.690. The fourth-order valence-corrected chi connectivity index (χ4v) is 4.17. The maximum absolute atomic E-state index is 12.3. The summed E-state index contributed by atoms with van der Waals surface area (Å²) in [5.74, 6) is -1.20. The SMILES string of the molecule is Cc1cc(C)n(CCNC(=O)C(=O)Nc2cc3c4c(c2)CCC(=O)N4CCC3)n1. The molecule has 2 aliphatic rings. The number of hydrogen-bond acceptors (Lipinski definition) is 4. The lowest BCUT2D eigenvalue weighted by atomic mass is 9.91. The second kappa shape index (κ2) is 7.69. The highest BCUT2D eigenvalue weighted by Gasteiger charge is 2.30. The van der Waals surface area contributed by atoms with Crippen LogP contribution in [0.1, 0.15) is 35.4 Å². The van der Waals surface area contributed by atoms with Crippen LogP contribution in [0.3, 0.4) is 0 Å². The van der Waals surface area contributed by atoms with E-state index in [1.165, 1.54) is 0 Å². The Morgan fingerprint density at radius 3 is 2.55 bits per heavy atom. The molecule has 8 heteroatoms. The quantitative estimate of drug-likeness (QED) is 0.767. The first-order chi connectivity index (χ1) is 13.9. The Kier molecular flexibility index (Phi) is 5.08. The van der Waals surface area contributed by atoms with Crippen LogP contribution in [-0.4, -0.2) is 40.6 Å². The van der Waals surface area contributed by atoms with Crippen LogP contribution >= 0.6 is 0 Å². The molecule has 0 unspecified atom stereocenters. The van der Waals surface area contributed by atoms with Crippen molar-refractivity contribution >= 4 is 29.1 Å². The van der Waals surface area contributed by atoms with Gasteiger partial charge in [-0.3, -0.25) is 19.1 Å². The van der Waals surface area contributed by atoms with E-state index in [1.54, 1.807) is 4.68 Å². The number of aromatic nitrogens is 2. The van der Waals surface area contributed by atoms with Crippen LogP contribution in [0, 0.1) is 13.8 Å². The molecule has 4 rings (SSSR count). The van der Waals surface area contributed by atoms with Gasteiger partial charge in [0.25, 0.3) is 0 Å². The summed E-state index contributed by atoms with van der Waals surface area (Å²) in [5, 5.41) is 9.68. The highest BCUT2D eigenvalue weighted by molar-refractivity contribution is 6.39. The molecule has 0 saturated heterocycles. The van der Waals surface area contributed by atoms with E-state index in [-0.39, 0.29) is 5.91 Å². The van der Waals surface area contributed by atoms with E-state index in [9.17, 15) is 14.4 Å². The predicted molar refractivity (Wildman–Crippen MR) is 109 cm³/mol. The van der Waals surface area contributed by atoms with Crippen molar-refractivity contribution in [2.24, 2.45) is 0 Å². The maximum atomic E-state index is 12.3. The molecule has 29 heavy (non-hydrogen) atoms. The number of aryl methyl sites for hydroxylation is 4. The van der Waals surface area contributed by atoms with Crippen LogP contribution in [0.15, 0.2) is 18.2 Å². The van der Waals surface area contributed by atoms with Crippen molar-refractivity contribution in [3.8, 4) is 0 Å². The number of benzene rings is 1. The van der Waals surface area contributed by atoms with Gasteiger partial charge in [0.05, 0.1) is 17.9 Å². The van der Waals surface area contributed by atoms with Crippen molar-refractivity contribution in [1.82, 2.24) is 15.1 Å². The third-order valence-electron chi connectivity index (χ3n) is 5.45. The van der Waals surface area contributed by atoms with Crippen molar-refractivity contribution in [2.75, 3.05) is 23.3 Å². The Labute approximate surface area is 169 Å². The summed E-state index contributed by atoms with van der Waals surface area (Å²) in [6.07, 6.45) is 2.92. The van der Waals surface area contributed by atoms with Gasteiger partial charge >= 0.3 is 11.8 Å². The summed E-state index contributed by atoms with van der Waals surface area (Å²) in [6.45, 7) is 5.44. The summed E-state index contributed by atoms with van der Waals surface area (Å²) in [4.78, 5) is 38.5. The Morgan fingerprint density at radius 2 is 1.83 bits per heavy atom. The van der Waals surface area contributed by atoms with E-state index in [4.69, 9.17) is 0 Å². The van der Waals surface area contributed by atoms with Crippen molar-refractivity contribution in [2.45, 2.75) is 46.1 Å². The van der Waals surface area contributed by atoms with Crippen LogP contribution in [0.25, 0.3) is 0 Å². The van der Waals surface area contributed by atoms with Gasteiger partial charge in [-0.05, 0) is 62.4 Å². The molecule has 2 N–H and O–H groups in total. The first-order valence-electron chi connectivity index (χ1n) is 9.99. The van der Waals surface area contributed by atoms with E-state index in [1.807, 2.05) is 36.9 Å². The lowest BCUT2D eigenvalue weighted by molar-refractivity contribution is -0.136. The number of nitrogens with zero attached hydrogens (tertiary/aromatic N) is 3. The number of nitrogens with one attached hydrogen (secondary N) is 2. The zero-order chi connectivity index (χ0) is 20.5. The van der Waals surface area contributed by atoms with E-state index >= 15 is 0 Å². The number of carbonyl (C=O) groups excluding carboxylic acids is 3. The molecule has 1 aromatic carbocycles. The second-order valence-corrected chi connectivity index (χ2v) is 7.65. The normalized spacial score (nSPS) is 15.1. The highest BCUT2D eigenvalue weighted by Crippen LogP contribution is 2.37. The summed E-state index contributed by atoms with van der Waals surface area (Å²) in [5.41, 5.74) is 5.65. The highest BCUT2D eigenvalue weighted by atomic mass is 16.2. The second-order valence-electron chi connectivity index (χ2n) is 7.65. The molecule has 0 aliphatic carbocycles. The van der Waals surface area contributed by atoms with Gasteiger partial charge < -0.3 is 15.5 Å². The standard InChI is InChI=1S/C21H25N5O3/c1-13-10-14(2)26(24-13)9-7-22-20(28)21(29)23-17-11-15-4-3-8-25-18(27)6-5-16(12-17)19(15)25/h10-12H,3-9H2,1-2H3,(H,22,28)(H,23,29). The molecule has 0 saturated carbocycles. The molecule has 152 valence electrons. The Balaban J connectivity index is 1.39. The fraction of sp³-hybridized carbons (Fsp3) is 0.429. The lowest BCUT2D eigenvalue weighted by Gasteiger charge is -2.35. The molecule has 2 aromatic rings. The van der Waals surface area contributed by atoms with Gasteiger partial charge in [-0.2, -0.15) is 5.10 Å². The van der Waals surface area contributed by atoms with Crippen LogP contribution in [-0.2, 0) is 33.8 Å². The Bertz CT molecular complexity index is 977. The molecule has 3 amide bonds. The first-order valence-corrected chi connectivity index (χ1v) is 9.99. The van der Waals surface area contributed by atoms with E-state index in [0.717, 1.165) is 47.6 Å². The van der Waals surface area contributed by atoms with Crippen LogP contribution in [0.4, 0.5) is 11.4 Å². The van der Waals surface area contributed by atoms with Gasteiger partial charge in [-0.15, -0.1) is 0 Å². The van der Waals surface area contributed by atoms with Crippen LogP contribution in [0.5, 0.6) is 0 Å². The van der Waals surface area contributed by atoms with Gasteiger partial charge in [0.15, 0.2) is 0 Å². The molecular formula is C21H25N5O3. The molecule has 0 bridgehead atoms. The van der Waals surface area contributed by atoms with Gasteiger partial charge in [0, 0.05) is 30.9 Å². The third-order valence-corrected chi connectivity index (χ3v) is 5.45. The van der Waals surface area contributed by atoms with Gasteiger partial charge in [0.2, 0.25) is 5.91 Å². The van der Waals surface area contributed by atoms with Crippen LogP contribution < -0.4 is 15.5 Å². The van der Waals surface area contributed by atoms with Gasteiger partial charge in [-0.25, -0.2) is 0 Å². The van der Waals surface area contributed by atoms with Gasteiger partial charge in [0.1, 0.15) is 0 Å². The number of carbonyl (C=O) groups is 3. The number of rotatable bonds is 4. The number of anilines is 2. The minimum Gasteiger partial charge on any atom is -0.346 e. The van der Waals surface area contributed by atoms with Crippen molar-refractivity contribution < 1.29 is 14.4 Å². The molecule has 1 aromatic heterocycles. The van der Waals surface area contributed by atoms with E-state index in [2.05, 4.69) is 15.7 Å². The summed E-state index contributed by atoms with van der Waals surface area (Å²) >= 11 is 0. The number of amides is 3. The minimum absolute atomic E-state index is 0.164. The van der Waals surface area contributed by atoms with Crippen LogP contribution in [0.2, 0.25) is 0 Å². The molecule has 0 fully saturated rings. The molecule has 0 atom stereocenters. The zero-order valence-electron chi connectivity index (χ0n) is 16.7. The third kappa shape index (κ3) is 3.87. The molecule has 3 heterocycles. The largest absolute Gasteiger partial charge is 0.346 e. The van der Waals surface area contributed by atoms with E-state index in [0.29, 0.717) is 31.6 Å². The molecular weight excluding hydrogens is 370 g/mol. The number of hydrogen-bond donors (Lipinski definition) is 2. The fourth-order valence-electron chi connectivity index (χ4n) is 4.17.